The molecule has 8 nitrogen and oxygen atoms in total. The second kappa shape index (κ2) is 8.55. The van der Waals surface area contributed by atoms with Crippen molar-refractivity contribution in [2.75, 3.05) is 38.5 Å². The van der Waals surface area contributed by atoms with Crippen molar-refractivity contribution in [3.8, 4) is 11.4 Å². The van der Waals surface area contributed by atoms with Crippen molar-refractivity contribution in [2.45, 2.75) is 19.8 Å². The first-order valence-electron chi connectivity index (χ1n) is 11.0. The Kier molecular flexibility index (Phi) is 5.45. The summed E-state index contributed by atoms with van der Waals surface area (Å²) < 4.78 is 0. The van der Waals surface area contributed by atoms with Gasteiger partial charge in [-0.15, -0.1) is 0 Å². The minimum atomic E-state index is 0.0806. The van der Waals surface area contributed by atoms with Gasteiger partial charge >= 0.3 is 0 Å². The number of piperazine rings is 1. The highest BCUT2D eigenvalue weighted by Crippen LogP contribution is 2.26. The van der Waals surface area contributed by atoms with Gasteiger partial charge in [0.1, 0.15) is 5.69 Å². The molecule has 1 aliphatic heterocycles. The van der Waals surface area contributed by atoms with Crippen LogP contribution in [0.3, 0.4) is 0 Å². The molecule has 1 saturated heterocycles. The van der Waals surface area contributed by atoms with Crippen molar-refractivity contribution < 1.29 is 4.79 Å². The maximum atomic E-state index is 12.9. The number of hydrogen-bond acceptors (Lipinski definition) is 6. The Morgan fingerprint density at radius 2 is 1.84 bits per heavy atom. The Morgan fingerprint density at radius 3 is 2.66 bits per heavy atom. The quantitative estimate of drug-likeness (QED) is 0.663. The second-order valence-corrected chi connectivity index (χ2v) is 8.49. The molecule has 5 rings (SSSR count). The van der Waals surface area contributed by atoms with E-state index in [0.29, 0.717) is 11.6 Å². The van der Waals surface area contributed by atoms with E-state index in [4.69, 9.17) is 0 Å². The van der Waals surface area contributed by atoms with E-state index in [0.717, 1.165) is 72.9 Å². The summed E-state index contributed by atoms with van der Waals surface area (Å²) in [5.74, 6) is 0.627. The van der Waals surface area contributed by atoms with Crippen LogP contribution in [-0.4, -0.2) is 68.9 Å². The number of amides is 1. The van der Waals surface area contributed by atoms with Gasteiger partial charge in [-0.05, 0) is 68.3 Å². The summed E-state index contributed by atoms with van der Waals surface area (Å²) in [6.07, 6.45) is 7.27. The number of nitrogens with zero attached hydrogens (tertiary/aromatic N) is 5. The summed E-state index contributed by atoms with van der Waals surface area (Å²) in [4.78, 5) is 33.9. The van der Waals surface area contributed by atoms with Gasteiger partial charge in [-0.2, -0.15) is 0 Å². The molecule has 0 unspecified atom stereocenters. The third-order valence-electron chi connectivity index (χ3n) is 6.03. The highest BCUT2D eigenvalue weighted by Gasteiger charge is 2.23. The first kappa shape index (κ1) is 20.4. The van der Waals surface area contributed by atoms with Gasteiger partial charge in [-0.1, -0.05) is 0 Å². The fourth-order valence-corrected chi connectivity index (χ4v) is 4.14. The summed E-state index contributed by atoms with van der Waals surface area (Å²) in [5.41, 5.74) is 6.60. The number of nitrogens with one attached hydrogen (secondary N) is 2. The summed E-state index contributed by atoms with van der Waals surface area (Å²) in [7, 11) is 2.09. The van der Waals surface area contributed by atoms with E-state index in [-0.39, 0.29) is 5.91 Å². The highest BCUT2D eigenvalue weighted by molar-refractivity contribution is 5.93. The number of aryl methyl sites for hydroxylation is 2. The largest absolute Gasteiger partial charge is 0.354 e. The van der Waals surface area contributed by atoms with Gasteiger partial charge in [0, 0.05) is 50.0 Å². The number of carbonyl (C=O) groups is 1. The molecule has 2 aliphatic rings. The molecular weight excluding hydrogens is 402 g/mol. The number of allylic oxidation sites excluding steroid dienone is 1. The molecule has 0 radical (unpaired) electrons. The van der Waals surface area contributed by atoms with Crippen LogP contribution in [0.1, 0.15) is 33.7 Å². The van der Waals surface area contributed by atoms with E-state index in [1.54, 1.807) is 12.4 Å². The van der Waals surface area contributed by atoms with Gasteiger partial charge < -0.3 is 20.1 Å². The van der Waals surface area contributed by atoms with Crippen LogP contribution in [0, 0.1) is 6.92 Å². The van der Waals surface area contributed by atoms with E-state index < -0.39 is 0 Å². The maximum absolute atomic E-state index is 12.9. The molecule has 8 heteroatoms. The number of aromatic amines is 1. The third-order valence-corrected chi connectivity index (χ3v) is 6.03. The molecule has 32 heavy (non-hydrogen) atoms. The smallest absolute Gasteiger partial charge is 0.270 e. The minimum Gasteiger partial charge on any atom is -0.354 e. The lowest BCUT2D eigenvalue weighted by Gasteiger charge is -2.32. The number of rotatable bonds is 4. The lowest BCUT2D eigenvalue weighted by molar-refractivity contribution is 0.0658. The second-order valence-electron chi connectivity index (χ2n) is 8.49. The van der Waals surface area contributed by atoms with Crippen LogP contribution in [-0.2, 0) is 6.42 Å². The Bertz CT molecular complexity index is 1170. The van der Waals surface area contributed by atoms with E-state index in [1.165, 1.54) is 0 Å². The van der Waals surface area contributed by atoms with Gasteiger partial charge in [0.05, 0.1) is 11.4 Å². The van der Waals surface area contributed by atoms with Crippen molar-refractivity contribution >= 4 is 17.9 Å². The SMILES string of the molecule is Cc1ccnc(-c2ccnc(NC3=Cc4cc(C(=O)N5CCN(C)CC5)[nH]c4CC3)n2)c1. The predicted octanol–water partition coefficient (Wildman–Crippen LogP) is 2.96. The van der Waals surface area contributed by atoms with Crippen LogP contribution in [0.2, 0.25) is 0 Å². The molecule has 164 valence electrons. The first-order valence-corrected chi connectivity index (χ1v) is 11.0. The van der Waals surface area contributed by atoms with Crippen molar-refractivity contribution in [3.05, 3.63) is 64.9 Å². The molecule has 0 aromatic carbocycles. The fourth-order valence-electron chi connectivity index (χ4n) is 4.14. The Balaban J connectivity index is 1.32. The van der Waals surface area contributed by atoms with E-state index >= 15 is 0 Å². The van der Waals surface area contributed by atoms with Gasteiger partial charge in [0.2, 0.25) is 5.95 Å². The van der Waals surface area contributed by atoms with Crippen LogP contribution in [0.15, 0.2) is 42.4 Å². The summed E-state index contributed by atoms with van der Waals surface area (Å²) in [6.45, 7) is 5.40. The van der Waals surface area contributed by atoms with Gasteiger partial charge in [-0.3, -0.25) is 9.78 Å². The molecule has 1 aliphatic carbocycles. The molecule has 1 amide bonds. The van der Waals surface area contributed by atoms with Crippen molar-refractivity contribution in [3.63, 3.8) is 0 Å². The fraction of sp³-hybridized carbons (Fsp3) is 0.333. The van der Waals surface area contributed by atoms with Gasteiger partial charge in [0.25, 0.3) is 5.91 Å². The average Bonchev–Trinajstić information content (AvgIpc) is 3.23. The Hall–Kier alpha value is -3.52. The van der Waals surface area contributed by atoms with Crippen molar-refractivity contribution in [2.24, 2.45) is 0 Å². The number of H-pyrrole nitrogens is 1. The normalized spacial score (nSPS) is 16.4. The molecule has 3 aromatic rings. The number of pyridine rings is 1. The monoisotopic (exact) mass is 429 g/mol. The van der Waals surface area contributed by atoms with Gasteiger partial charge in [0.15, 0.2) is 0 Å². The van der Waals surface area contributed by atoms with Crippen LogP contribution < -0.4 is 5.32 Å². The number of fused-ring (bicyclic) bond motifs is 1. The molecule has 0 saturated carbocycles. The molecular formula is C24H27N7O. The molecule has 2 N–H and O–H groups in total. The maximum Gasteiger partial charge on any atom is 0.270 e. The zero-order chi connectivity index (χ0) is 22.1. The van der Waals surface area contributed by atoms with Crippen LogP contribution >= 0.6 is 0 Å². The molecule has 1 fully saturated rings. The van der Waals surface area contributed by atoms with Crippen molar-refractivity contribution in [1.82, 2.24) is 29.7 Å². The standard InChI is InChI=1S/C24H27N7O/c1-16-5-7-25-21(13-16)20-6-8-26-24(29-20)27-18-3-4-19-17(14-18)15-22(28-19)23(32)31-11-9-30(2)10-12-31/h5-8,13-15,28H,3-4,9-12H2,1-2H3,(H,26,27,29). The van der Waals surface area contributed by atoms with Gasteiger partial charge in [-0.25, -0.2) is 9.97 Å². The zero-order valence-electron chi connectivity index (χ0n) is 18.4. The minimum absolute atomic E-state index is 0.0806. The summed E-state index contributed by atoms with van der Waals surface area (Å²) >= 11 is 0. The van der Waals surface area contributed by atoms with Crippen LogP contribution in [0.4, 0.5) is 5.95 Å². The molecule has 3 aromatic heterocycles. The topological polar surface area (TPSA) is 90.0 Å². The Labute approximate surface area is 187 Å². The molecule has 4 heterocycles. The average molecular weight is 430 g/mol. The number of carbonyl (C=O) groups excluding carboxylic acids is 1. The van der Waals surface area contributed by atoms with Crippen molar-refractivity contribution in [1.29, 1.82) is 0 Å². The highest BCUT2D eigenvalue weighted by atomic mass is 16.2. The first-order chi connectivity index (χ1) is 15.5. The van der Waals surface area contributed by atoms with Crippen LogP contribution in [0.5, 0.6) is 0 Å². The van der Waals surface area contributed by atoms with E-state index in [2.05, 4.69) is 43.3 Å². The summed E-state index contributed by atoms with van der Waals surface area (Å²) in [5, 5.41) is 3.35. The Morgan fingerprint density at radius 1 is 1.03 bits per heavy atom. The number of likely N-dealkylation sites (N-methyl/N-ethyl adjacent to an activating group) is 1. The molecule has 0 spiro atoms. The lowest BCUT2D eigenvalue weighted by atomic mass is 10.0. The number of aromatic nitrogens is 4. The third kappa shape index (κ3) is 4.27. The van der Waals surface area contributed by atoms with E-state index in [9.17, 15) is 4.79 Å². The zero-order valence-corrected chi connectivity index (χ0v) is 18.4. The summed E-state index contributed by atoms with van der Waals surface area (Å²) in [6, 6.07) is 7.80. The lowest BCUT2D eigenvalue weighted by Crippen LogP contribution is -2.47. The predicted molar refractivity (Wildman–Crippen MR) is 124 cm³/mol. The molecule has 0 atom stereocenters. The van der Waals surface area contributed by atoms with Crippen LogP contribution in [0.25, 0.3) is 17.5 Å². The number of hydrogen-bond donors (Lipinski definition) is 2. The molecule has 0 bridgehead atoms. The van der Waals surface area contributed by atoms with E-state index in [1.807, 2.05) is 36.1 Å². The number of anilines is 1.